The number of carbonyl (C=O) groups is 2. The summed E-state index contributed by atoms with van der Waals surface area (Å²) in [6.45, 7) is 0.237. The Labute approximate surface area is 148 Å². The number of carbonyl (C=O) groups excluding carboxylic acids is 2. The van der Waals surface area contributed by atoms with Crippen molar-refractivity contribution in [1.29, 1.82) is 0 Å². The van der Waals surface area contributed by atoms with Crippen LogP contribution in [0.5, 0.6) is 0 Å². The first-order valence-corrected chi connectivity index (χ1v) is 7.78. The monoisotopic (exact) mass is 348 g/mol. The van der Waals surface area contributed by atoms with Crippen molar-refractivity contribution in [2.24, 2.45) is 0 Å². The summed E-state index contributed by atoms with van der Waals surface area (Å²) in [7, 11) is 0. The Morgan fingerprint density at radius 3 is 2.50 bits per heavy atom. The Morgan fingerprint density at radius 2 is 1.77 bits per heavy atom. The number of aromatic nitrogens is 2. The van der Waals surface area contributed by atoms with E-state index in [0.717, 1.165) is 5.56 Å². The van der Waals surface area contributed by atoms with Gasteiger partial charge >= 0.3 is 0 Å². The van der Waals surface area contributed by atoms with Crippen molar-refractivity contribution >= 4 is 17.6 Å². The molecule has 7 nitrogen and oxygen atoms in total. The zero-order valence-corrected chi connectivity index (χ0v) is 13.6. The quantitative estimate of drug-likeness (QED) is 0.738. The largest absolute Gasteiger partial charge is 0.545 e. The smallest absolute Gasteiger partial charge is 0.276 e. The molecule has 1 N–H and O–H groups in total. The van der Waals surface area contributed by atoms with Crippen LogP contribution in [0.25, 0.3) is 0 Å². The SMILES string of the molecule is O=C([O-])c1cccc(NC(=O)c2ccc(=O)n(Cc3ccccc3)n2)c1. The number of hydrogen-bond donors (Lipinski definition) is 1. The molecular weight excluding hydrogens is 334 g/mol. The first-order chi connectivity index (χ1) is 12.5. The van der Waals surface area contributed by atoms with Gasteiger partial charge in [0, 0.05) is 11.8 Å². The number of rotatable bonds is 5. The molecule has 0 unspecified atom stereocenters. The molecule has 0 bridgehead atoms. The van der Waals surface area contributed by atoms with Gasteiger partial charge in [-0.05, 0) is 29.3 Å². The highest BCUT2D eigenvalue weighted by Crippen LogP contribution is 2.11. The maximum Gasteiger partial charge on any atom is 0.276 e. The summed E-state index contributed by atoms with van der Waals surface area (Å²) < 4.78 is 1.20. The number of carboxylic acid groups (broad SMARTS) is 1. The van der Waals surface area contributed by atoms with E-state index in [9.17, 15) is 19.5 Å². The number of nitrogens with one attached hydrogen (secondary N) is 1. The number of amides is 1. The van der Waals surface area contributed by atoms with Crippen LogP contribution >= 0.6 is 0 Å². The summed E-state index contributed by atoms with van der Waals surface area (Å²) in [5, 5.41) is 17.5. The minimum Gasteiger partial charge on any atom is -0.545 e. The molecule has 130 valence electrons. The van der Waals surface area contributed by atoms with E-state index in [0.29, 0.717) is 5.69 Å². The van der Waals surface area contributed by atoms with E-state index >= 15 is 0 Å². The molecule has 26 heavy (non-hydrogen) atoms. The molecule has 2 aromatic carbocycles. The van der Waals surface area contributed by atoms with Crippen LogP contribution < -0.4 is 16.0 Å². The molecule has 1 amide bonds. The van der Waals surface area contributed by atoms with Crippen molar-refractivity contribution in [3.05, 3.63) is 93.9 Å². The molecular formula is C19H14N3O4-. The molecule has 1 aromatic heterocycles. The van der Waals surface area contributed by atoms with Crippen molar-refractivity contribution in [3.8, 4) is 0 Å². The normalized spacial score (nSPS) is 10.3. The second-order valence-corrected chi connectivity index (χ2v) is 5.52. The second kappa shape index (κ2) is 7.43. The number of benzene rings is 2. The lowest BCUT2D eigenvalue weighted by atomic mass is 10.2. The van der Waals surface area contributed by atoms with E-state index in [-0.39, 0.29) is 23.4 Å². The molecule has 0 aliphatic rings. The van der Waals surface area contributed by atoms with Crippen molar-refractivity contribution in [1.82, 2.24) is 9.78 Å². The number of hydrogen-bond acceptors (Lipinski definition) is 5. The van der Waals surface area contributed by atoms with Gasteiger partial charge in [-0.25, -0.2) is 4.68 Å². The first kappa shape index (κ1) is 17.1. The van der Waals surface area contributed by atoms with Gasteiger partial charge in [-0.2, -0.15) is 5.10 Å². The van der Waals surface area contributed by atoms with Crippen molar-refractivity contribution < 1.29 is 14.7 Å². The molecule has 0 fully saturated rings. The predicted octanol–water partition coefficient (Wildman–Crippen LogP) is 0.907. The maximum absolute atomic E-state index is 12.4. The minimum absolute atomic E-state index is 0.0411. The summed E-state index contributed by atoms with van der Waals surface area (Å²) in [6.07, 6.45) is 0. The van der Waals surface area contributed by atoms with Gasteiger partial charge in [0.1, 0.15) is 5.69 Å². The van der Waals surface area contributed by atoms with Crippen LogP contribution in [0.15, 0.2) is 71.5 Å². The lowest BCUT2D eigenvalue weighted by Crippen LogP contribution is -2.26. The highest BCUT2D eigenvalue weighted by Gasteiger charge is 2.11. The van der Waals surface area contributed by atoms with Gasteiger partial charge in [0.05, 0.1) is 12.5 Å². The topological polar surface area (TPSA) is 104 Å². The van der Waals surface area contributed by atoms with Crippen LogP contribution in [0, 0.1) is 0 Å². The van der Waals surface area contributed by atoms with Crippen LogP contribution in [-0.2, 0) is 6.54 Å². The van der Waals surface area contributed by atoms with E-state index in [1.807, 2.05) is 30.3 Å². The van der Waals surface area contributed by atoms with Crippen molar-refractivity contribution in [3.63, 3.8) is 0 Å². The minimum atomic E-state index is -1.34. The Morgan fingerprint density at radius 1 is 1.00 bits per heavy atom. The Bertz CT molecular complexity index is 1010. The van der Waals surface area contributed by atoms with Gasteiger partial charge in [-0.1, -0.05) is 42.5 Å². The Balaban J connectivity index is 1.82. The lowest BCUT2D eigenvalue weighted by Gasteiger charge is -2.09. The molecule has 0 aliphatic carbocycles. The Hall–Kier alpha value is -3.74. The highest BCUT2D eigenvalue weighted by atomic mass is 16.4. The van der Waals surface area contributed by atoms with Gasteiger partial charge in [0.2, 0.25) is 0 Å². The summed E-state index contributed by atoms with van der Waals surface area (Å²) in [5.41, 5.74) is 0.828. The van der Waals surface area contributed by atoms with E-state index in [2.05, 4.69) is 10.4 Å². The van der Waals surface area contributed by atoms with E-state index in [4.69, 9.17) is 0 Å². The number of aromatic carboxylic acids is 1. The predicted molar refractivity (Wildman–Crippen MR) is 92.8 cm³/mol. The van der Waals surface area contributed by atoms with E-state index in [1.54, 1.807) is 6.07 Å². The van der Waals surface area contributed by atoms with Gasteiger partial charge in [-0.3, -0.25) is 9.59 Å². The number of carboxylic acids is 1. The van der Waals surface area contributed by atoms with Gasteiger partial charge in [0.15, 0.2) is 0 Å². The van der Waals surface area contributed by atoms with Gasteiger partial charge in [-0.15, -0.1) is 0 Å². The summed E-state index contributed by atoms with van der Waals surface area (Å²) >= 11 is 0. The molecule has 0 aliphatic heterocycles. The van der Waals surface area contributed by atoms with Gasteiger partial charge < -0.3 is 15.2 Å². The fraction of sp³-hybridized carbons (Fsp3) is 0.0526. The van der Waals surface area contributed by atoms with Gasteiger partial charge in [0.25, 0.3) is 11.5 Å². The van der Waals surface area contributed by atoms with Crippen LogP contribution in [0.4, 0.5) is 5.69 Å². The molecule has 0 atom stereocenters. The zero-order valence-electron chi connectivity index (χ0n) is 13.6. The molecule has 0 radical (unpaired) electrons. The average Bonchev–Trinajstić information content (AvgIpc) is 2.64. The number of anilines is 1. The Kier molecular flexibility index (Phi) is 4.89. The van der Waals surface area contributed by atoms with Crippen LogP contribution in [-0.4, -0.2) is 21.7 Å². The average molecular weight is 348 g/mol. The van der Waals surface area contributed by atoms with Crippen LogP contribution in [0.2, 0.25) is 0 Å². The summed E-state index contributed by atoms with van der Waals surface area (Å²) in [6, 6.07) is 17.5. The molecule has 7 heteroatoms. The molecule has 1 heterocycles. The standard InChI is InChI=1S/C19H15N3O4/c23-17-10-9-16(21-22(17)12-13-5-2-1-3-6-13)18(24)20-15-8-4-7-14(11-15)19(25)26/h1-11H,12H2,(H,20,24)(H,25,26)/p-1. The second-order valence-electron chi connectivity index (χ2n) is 5.52. The lowest BCUT2D eigenvalue weighted by molar-refractivity contribution is -0.255. The fourth-order valence-corrected chi connectivity index (χ4v) is 2.36. The maximum atomic E-state index is 12.4. The van der Waals surface area contributed by atoms with E-state index in [1.165, 1.54) is 35.0 Å². The molecule has 3 aromatic rings. The molecule has 0 saturated heterocycles. The van der Waals surface area contributed by atoms with E-state index < -0.39 is 11.9 Å². The number of nitrogens with zero attached hydrogens (tertiary/aromatic N) is 2. The first-order valence-electron chi connectivity index (χ1n) is 7.78. The van der Waals surface area contributed by atoms with Crippen LogP contribution in [0.3, 0.4) is 0 Å². The zero-order chi connectivity index (χ0) is 18.5. The summed E-state index contributed by atoms with van der Waals surface area (Å²) in [5.74, 6) is -1.89. The molecule has 3 rings (SSSR count). The summed E-state index contributed by atoms with van der Waals surface area (Å²) in [4.78, 5) is 35.2. The molecule has 0 spiro atoms. The van der Waals surface area contributed by atoms with Crippen molar-refractivity contribution in [2.75, 3.05) is 5.32 Å². The third-order valence-electron chi connectivity index (χ3n) is 3.63. The fourth-order valence-electron chi connectivity index (χ4n) is 2.36. The highest BCUT2D eigenvalue weighted by molar-refractivity contribution is 6.03. The van der Waals surface area contributed by atoms with Crippen molar-refractivity contribution in [2.45, 2.75) is 6.54 Å². The third kappa shape index (κ3) is 4.02. The van der Waals surface area contributed by atoms with Crippen LogP contribution in [0.1, 0.15) is 26.4 Å². The third-order valence-corrected chi connectivity index (χ3v) is 3.63. The molecule has 0 saturated carbocycles.